The summed E-state index contributed by atoms with van der Waals surface area (Å²) >= 11 is 12.1. The Hall–Kier alpha value is -4.94. The summed E-state index contributed by atoms with van der Waals surface area (Å²) in [6.07, 6.45) is 20.5. The van der Waals surface area contributed by atoms with Crippen LogP contribution in [-0.2, 0) is 0 Å². The minimum atomic E-state index is -1.17. The largest absolute Gasteiger partial charge is 0.390 e. The molecule has 0 aromatic carbocycles. The topological polar surface area (TPSA) is 173 Å². The molecule has 2 fully saturated rings. The quantitative estimate of drug-likeness (QED) is 0.0878. The number of hydrogen-bond acceptors (Lipinski definition) is 10. The molecule has 2 saturated carbocycles. The average molecular weight is 776 g/mol. The summed E-state index contributed by atoms with van der Waals surface area (Å²) in [5, 5.41) is 29.6. The summed E-state index contributed by atoms with van der Waals surface area (Å²) in [5.41, 5.74) is 0.826. The van der Waals surface area contributed by atoms with E-state index >= 15 is 0 Å². The molecule has 6 N–H and O–H groups in total. The minimum Gasteiger partial charge on any atom is -0.390 e. The number of terminal acetylenes is 1. The molecule has 2 aliphatic carbocycles. The maximum atomic E-state index is 14.3. The summed E-state index contributed by atoms with van der Waals surface area (Å²) < 4.78 is 28.6. The van der Waals surface area contributed by atoms with Crippen molar-refractivity contribution in [1.82, 2.24) is 39.9 Å². The van der Waals surface area contributed by atoms with Gasteiger partial charge in [0.15, 0.2) is 34.9 Å². The van der Waals surface area contributed by atoms with Crippen molar-refractivity contribution in [2.75, 3.05) is 10.6 Å². The number of pyridine rings is 2. The highest BCUT2D eigenvalue weighted by Gasteiger charge is 2.34. The molecule has 0 bridgehead atoms. The molecule has 6 aromatic heterocycles. The van der Waals surface area contributed by atoms with Gasteiger partial charge in [0.25, 0.3) is 0 Å². The van der Waals surface area contributed by atoms with Crippen LogP contribution in [0.15, 0.2) is 49.3 Å². The van der Waals surface area contributed by atoms with E-state index in [1.807, 2.05) is 6.92 Å². The van der Waals surface area contributed by atoms with Gasteiger partial charge < -0.3 is 30.8 Å². The molecule has 4 unspecified atom stereocenters. The van der Waals surface area contributed by atoms with Gasteiger partial charge in [-0.05, 0) is 63.5 Å². The summed E-state index contributed by atoms with van der Waals surface area (Å²) in [6, 6.07) is 3.33. The van der Waals surface area contributed by atoms with E-state index in [0.717, 1.165) is 55.3 Å². The predicted octanol–water partition coefficient (Wildman–Crippen LogP) is 7.84. The highest BCUT2D eigenvalue weighted by molar-refractivity contribution is 6.31. The number of nitrogens with one attached hydrogen (secondary N) is 4. The number of anilines is 2. The van der Waals surface area contributed by atoms with E-state index in [0.29, 0.717) is 69.8 Å². The Morgan fingerprint density at radius 2 is 1.30 bits per heavy atom. The molecule has 0 spiro atoms. The van der Waals surface area contributed by atoms with Gasteiger partial charge in [0.05, 0.1) is 28.0 Å². The third-order valence-electron chi connectivity index (χ3n) is 10.1. The van der Waals surface area contributed by atoms with E-state index in [4.69, 9.17) is 29.6 Å². The molecule has 2 aliphatic rings. The van der Waals surface area contributed by atoms with Gasteiger partial charge in [0.2, 0.25) is 0 Å². The van der Waals surface area contributed by atoms with E-state index in [-0.39, 0.29) is 23.7 Å². The van der Waals surface area contributed by atoms with Crippen molar-refractivity contribution in [2.45, 2.75) is 88.0 Å². The lowest BCUT2D eigenvalue weighted by Gasteiger charge is -2.36. The normalized spacial score (nSPS) is 22.7. The molecule has 0 aliphatic heterocycles. The summed E-state index contributed by atoms with van der Waals surface area (Å²) in [4.78, 5) is 31.5. The predicted molar refractivity (Wildman–Crippen MR) is 205 cm³/mol. The number of aromatic nitrogens is 8. The van der Waals surface area contributed by atoms with Crippen molar-refractivity contribution in [3.63, 3.8) is 0 Å². The van der Waals surface area contributed by atoms with Crippen LogP contribution in [0.2, 0.25) is 10.0 Å². The highest BCUT2D eigenvalue weighted by atomic mass is 35.5. The highest BCUT2D eigenvalue weighted by Crippen LogP contribution is 2.35. The van der Waals surface area contributed by atoms with E-state index in [2.05, 4.69) is 56.4 Å². The number of fused-ring (bicyclic) bond motifs is 2. The maximum absolute atomic E-state index is 14.3. The first-order chi connectivity index (χ1) is 25.9. The molecule has 8 rings (SSSR count). The molecule has 6 aromatic rings. The Morgan fingerprint density at radius 3 is 1.80 bits per heavy atom. The standard InChI is InChI=1S/C19H21ClFN5O.C19H17ClFN5O/c2*1-2-19(27)5-3-4-12(7-19)25-18-15(21)10-24-17(26-18)14-9-23-16-13(14)6-11(20)8-22-16/h6,8-10,12,27H,2-5,7H2,1H3,(H,22,23)(H,24,25,26);1,6,8-10,12,27H,3-5,7H2,(H,22,23)(H,24,25,26). The van der Waals surface area contributed by atoms with Crippen LogP contribution in [0.4, 0.5) is 20.4 Å². The molecule has 16 heteroatoms. The second-order valence-electron chi connectivity index (χ2n) is 13.9. The van der Waals surface area contributed by atoms with Crippen molar-refractivity contribution in [1.29, 1.82) is 0 Å². The van der Waals surface area contributed by atoms with Crippen molar-refractivity contribution in [3.8, 4) is 35.1 Å². The van der Waals surface area contributed by atoms with Crippen molar-refractivity contribution in [2.24, 2.45) is 0 Å². The molecule has 6 heterocycles. The number of nitrogens with zero attached hydrogens (tertiary/aromatic N) is 6. The summed E-state index contributed by atoms with van der Waals surface area (Å²) in [6.45, 7) is 1.97. The van der Waals surface area contributed by atoms with Crippen LogP contribution in [0.25, 0.3) is 44.8 Å². The van der Waals surface area contributed by atoms with Gasteiger partial charge in [-0.25, -0.2) is 38.7 Å². The Morgan fingerprint density at radius 1 is 0.796 bits per heavy atom. The van der Waals surface area contributed by atoms with E-state index in [9.17, 15) is 19.0 Å². The third kappa shape index (κ3) is 8.09. The molecular weight excluding hydrogens is 737 g/mol. The Labute approximate surface area is 319 Å². The lowest BCUT2D eigenvalue weighted by molar-refractivity contribution is -0.00331. The smallest absolute Gasteiger partial charge is 0.183 e. The first-order valence-corrected chi connectivity index (χ1v) is 18.5. The number of rotatable bonds is 7. The molecule has 0 amide bonds. The second-order valence-corrected chi connectivity index (χ2v) is 14.8. The van der Waals surface area contributed by atoms with E-state index in [1.165, 1.54) is 0 Å². The van der Waals surface area contributed by atoms with Gasteiger partial charge in [0, 0.05) is 65.2 Å². The fraction of sp³-hybridized carbons (Fsp3) is 0.368. The van der Waals surface area contributed by atoms with Gasteiger partial charge in [-0.15, -0.1) is 6.42 Å². The Kier molecular flexibility index (Phi) is 10.7. The molecule has 4 atom stereocenters. The Bertz CT molecular complexity index is 2350. The lowest BCUT2D eigenvalue weighted by atomic mass is 9.80. The van der Waals surface area contributed by atoms with E-state index in [1.54, 1.807) is 36.9 Å². The first-order valence-electron chi connectivity index (χ1n) is 17.7. The maximum Gasteiger partial charge on any atom is 0.183 e. The number of aliphatic hydroxyl groups is 2. The number of halogens is 4. The van der Waals surface area contributed by atoms with Crippen LogP contribution in [0.3, 0.4) is 0 Å². The molecule has 54 heavy (non-hydrogen) atoms. The van der Waals surface area contributed by atoms with Crippen LogP contribution in [0, 0.1) is 24.0 Å². The van der Waals surface area contributed by atoms with Crippen LogP contribution in [0.5, 0.6) is 0 Å². The van der Waals surface area contributed by atoms with Crippen LogP contribution in [0.1, 0.15) is 64.7 Å². The third-order valence-corrected chi connectivity index (χ3v) is 10.5. The van der Waals surface area contributed by atoms with Crippen molar-refractivity contribution >= 4 is 56.9 Å². The SMILES string of the molecule is C#CC1(O)CCCC(Nc2nc(-c3c[nH]c4ncc(Cl)cc34)ncc2F)C1.CCC1(O)CCCC(Nc2nc(-c3c[nH]c4ncc(Cl)cc34)ncc2F)C1. The first kappa shape index (κ1) is 37.4. The number of H-pyrrole nitrogens is 2. The Balaban J connectivity index is 0.000000167. The second kappa shape index (κ2) is 15.4. The van der Waals surface area contributed by atoms with E-state index < -0.39 is 22.8 Å². The molecule has 12 nitrogen and oxygen atoms in total. The van der Waals surface area contributed by atoms with Crippen LogP contribution >= 0.6 is 23.2 Å². The van der Waals surface area contributed by atoms with Gasteiger partial charge in [-0.3, -0.25) is 0 Å². The fourth-order valence-corrected chi connectivity index (χ4v) is 7.52. The number of aromatic amines is 2. The minimum absolute atomic E-state index is 0.0277. The van der Waals surface area contributed by atoms with Crippen LogP contribution in [-0.4, -0.2) is 73.4 Å². The lowest BCUT2D eigenvalue weighted by Crippen LogP contribution is -2.40. The summed E-state index contributed by atoms with van der Waals surface area (Å²) in [7, 11) is 0. The molecule has 280 valence electrons. The van der Waals surface area contributed by atoms with Gasteiger partial charge in [-0.1, -0.05) is 36.0 Å². The zero-order chi connectivity index (χ0) is 38.0. The fourth-order valence-electron chi connectivity index (χ4n) is 7.20. The van der Waals surface area contributed by atoms with Gasteiger partial charge in [0.1, 0.15) is 16.9 Å². The van der Waals surface area contributed by atoms with Gasteiger partial charge in [-0.2, -0.15) is 0 Å². The van der Waals surface area contributed by atoms with Crippen molar-refractivity contribution < 1.29 is 19.0 Å². The zero-order valence-electron chi connectivity index (χ0n) is 29.3. The zero-order valence-corrected chi connectivity index (χ0v) is 30.8. The summed E-state index contributed by atoms with van der Waals surface area (Å²) in [5.74, 6) is 2.31. The molecule has 0 saturated heterocycles. The molecule has 0 radical (unpaired) electrons. The van der Waals surface area contributed by atoms with Crippen molar-refractivity contribution in [3.05, 3.63) is 71.0 Å². The van der Waals surface area contributed by atoms with Crippen LogP contribution < -0.4 is 10.6 Å². The number of hydrogen-bond donors (Lipinski definition) is 6. The molecular formula is C38H38Cl2F2N10O2. The monoisotopic (exact) mass is 774 g/mol. The van der Waals surface area contributed by atoms with Gasteiger partial charge >= 0.3 is 0 Å². The average Bonchev–Trinajstić information content (AvgIpc) is 3.78.